The van der Waals surface area contributed by atoms with Gasteiger partial charge in [-0.3, -0.25) is 4.90 Å². The molecule has 6 nitrogen and oxygen atoms in total. The minimum atomic E-state index is -3.26. The van der Waals surface area contributed by atoms with Crippen molar-refractivity contribution in [1.29, 1.82) is 0 Å². The molecule has 2 aromatic rings. The summed E-state index contributed by atoms with van der Waals surface area (Å²) in [6.07, 6.45) is 1.95. The van der Waals surface area contributed by atoms with Gasteiger partial charge < -0.3 is 4.42 Å². The number of para-hydroxylation sites is 1. The van der Waals surface area contributed by atoms with E-state index >= 15 is 0 Å². The Labute approximate surface area is 142 Å². The van der Waals surface area contributed by atoms with Crippen LogP contribution in [0.25, 0.3) is 11.0 Å². The molecule has 2 fully saturated rings. The Morgan fingerprint density at radius 1 is 0.917 bits per heavy atom. The predicted octanol–water partition coefficient (Wildman–Crippen LogP) is 1.89. The van der Waals surface area contributed by atoms with E-state index in [0.29, 0.717) is 26.2 Å². The largest absolute Gasteiger partial charge is 0.460 e. The Balaban J connectivity index is 1.37. The molecule has 0 saturated carbocycles. The average molecular weight is 349 g/mol. The average Bonchev–Trinajstić information content (AvgIpc) is 3.25. The molecule has 4 rings (SSSR count). The SMILES string of the molecule is O=S(=O)(N1CCCC1)N1CCN(Cc2cc3ccccc3o2)CC1. The minimum absolute atomic E-state index is 0.555. The van der Waals surface area contributed by atoms with E-state index in [9.17, 15) is 8.42 Å². The van der Waals surface area contributed by atoms with E-state index in [1.165, 1.54) is 0 Å². The van der Waals surface area contributed by atoms with Gasteiger partial charge in [-0.2, -0.15) is 17.0 Å². The molecule has 2 aliphatic heterocycles. The molecule has 0 bridgehead atoms. The molecule has 0 N–H and O–H groups in total. The normalized spacial score (nSPS) is 21.7. The van der Waals surface area contributed by atoms with Crippen molar-refractivity contribution in [3.05, 3.63) is 36.1 Å². The van der Waals surface area contributed by atoms with Gasteiger partial charge >= 0.3 is 0 Å². The van der Waals surface area contributed by atoms with Crippen LogP contribution in [-0.2, 0) is 16.8 Å². The zero-order valence-electron chi connectivity index (χ0n) is 13.7. The van der Waals surface area contributed by atoms with Crippen molar-refractivity contribution >= 4 is 21.2 Å². The van der Waals surface area contributed by atoms with Crippen molar-refractivity contribution in [1.82, 2.24) is 13.5 Å². The van der Waals surface area contributed by atoms with Gasteiger partial charge in [-0.05, 0) is 25.0 Å². The van der Waals surface area contributed by atoms with E-state index in [-0.39, 0.29) is 0 Å². The summed E-state index contributed by atoms with van der Waals surface area (Å²) >= 11 is 0. The maximum Gasteiger partial charge on any atom is 0.282 e. The first-order valence-corrected chi connectivity index (χ1v) is 9.98. The van der Waals surface area contributed by atoms with Crippen LogP contribution < -0.4 is 0 Å². The second-order valence-electron chi connectivity index (χ2n) is 6.54. The molecule has 0 radical (unpaired) electrons. The number of piperazine rings is 1. The summed E-state index contributed by atoms with van der Waals surface area (Å²) in [6.45, 7) is 4.65. The molecule has 24 heavy (non-hydrogen) atoms. The van der Waals surface area contributed by atoms with Crippen LogP contribution in [0, 0.1) is 0 Å². The number of fused-ring (bicyclic) bond motifs is 1. The van der Waals surface area contributed by atoms with Gasteiger partial charge in [-0.15, -0.1) is 0 Å². The third kappa shape index (κ3) is 3.09. The molecule has 0 atom stereocenters. The van der Waals surface area contributed by atoms with Gasteiger partial charge in [0.15, 0.2) is 0 Å². The summed E-state index contributed by atoms with van der Waals surface area (Å²) < 4.78 is 34.3. The minimum Gasteiger partial charge on any atom is -0.460 e. The van der Waals surface area contributed by atoms with E-state index in [4.69, 9.17) is 4.42 Å². The summed E-state index contributed by atoms with van der Waals surface area (Å²) in [5.74, 6) is 0.937. The molecule has 0 amide bonds. The van der Waals surface area contributed by atoms with Crippen molar-refractivity contribution in [2.45, 2.75) is 19.4 Å². The fraction of sp³-hybridized carbons (Fsp3) is 0.529. The van der Waals surface area contributed by atoms with Crippen molar-refractivity contribution in [2.24, 2.45) is 0 Å². The Kier molecular flexibility index (Phi) is 4.34. The summed E-state index contributed by atoms with van der Waals surface area (Å²) in [5, 5.41) is 1.11. The van der Waals surface area contributed by atoms with E-state index < -0.39 is 10.2 Å². The zero-order chi connectivity index (χ0) is 16.6. The standard InChI is InChI=1S/C17H23N3O3S/c21-24(22,19-7-3-4-8-19)20-11-9-18(10-12-20)14-16-13-15-5-1-2-6-17(15)23-16/h1-2,5-6,13H,3-4,7-12,14H2. The molecule has 0 aliphatic carbocycles. The molecule has 2 saturated heterocycles. The van der Waals surface area contributed by atoms with Crippen LogP contribution in [0.1, 0.15) is 18.6 Å². The van der Waals surface area contributed by atoms with Gasteiger partial charge in [-0.1, -0.05) is 18.2 Å². The first-order chi connectivity index (χ1) is 11.6. The fourth-order valence-electron chi connectivity index (χ4n) is 3.54. The van der Waals surface area contributed by atoms with Gasteiger partial charge in [0, 0.05) is 44.7 Å². The maximum atomic E-state index is 12.6. The van der Waals surface area contributed by atoms with Gasteiger partial charge in [0.25, 0.3) is 10.2 Å². The third-order valence-electron chi connectivity index (χ3n) is 4.90. The maximum absolute atomic E-state index is 12.6. The lowest BCUT2D eigenvalue weighted by atomic mass is 10.2. The fourth-order valence-corrected chi connectivity index (χ4v) is 5.21. The number of rotatable bonds is 4. The Morgan fingerprint density at radius 2 is 1.58 bits per heavy atom. The predicted molar refractivity (Wildman–Crippen MR) is 92.8 cm³/mol. The second-order valence-corrected chi connectivity index (χ2v) is 8.47. The third-order valence-corrected chi connectivity index (χ3v) is 6.94. The summed E-state index contributed by atoms with van der Waals surface area (Å²) in [6, 6.07) is 10.1. The van der Waals surface area contributed by atoms with Crippen LogP contribution in [0.15, 0.2) is 34.7 Å². The van der Waals surface area contributed by atoms with Crippen molar-refractivity contribution in [3.63, 3.8) is 0 Å². The van der Waals surface area contributed by atoms with E-state index in [1.54, 1.807) is 8.61 Å². The highest BCUT2D eigenvalue weighted by Gasteiger charge is 2.33. The summed E-state index contributed by atoms with van der Waals surface area (Å²) in [5.41, 5.74) is 0.905. The van der Waals surface area contributed by atoms with E-state index in [0.717, 1.165) is 49.2 Å². The summed E-state index contributed by atoms with van der Waals surface area (Å²) in [7, 11) is -3.26. The topological polar surface area (TPSA) is 57.0 Å². The van der Waals surface area contributed by atoms with Crippen molar-refractivity contribution < 1.29 is 12.8 Å². The Bertz CT molecular complexity index is 770. The molecule has 1 aromatic carbocycles. The molecule has 2 aliphatic rings. The Morgan fingerprint density at radius 3 is 2.29 bits per heavy atom. The van der Waals surface area contributed by atoms with Gasteiger partial charge in [0.2, 0.25) is 0 Å². The van der Waals surface area contributed by atoms with Crippen LogP contribution >= 0.6 is 0 Å². The molecule has 130 valence electrons. The van der Waals surface area contributed by atoms with E-state index in [2.05, 4.69) is 11.0 Å². The van der Waals surface area contributed by atoms with Crippen molar-refractivity contribution in [2.75, 3.05) is 39.3 Å². The molecular formula is C17H23N3O3S. The highest BCUT2D eigenvalue weighted by atomic mass is 32.2. The van der Waals surface area contributed by atoms with Crippen molar-refractivity contribution in [3.8, 4) is 0 Å². The van der Waals surface area contributed by atoms with Crippen LogP contribution in [0.2, 0.25) is 0 Å². The number of furan rings is 1. The second kappa shape index (κ2) is 6.48. The molecule has 3 heterocycles. The van der Waals surface area contributed by atoms with Crippen LogP contribution in [-0.4, -0.2) is 61.2 Å². The highest BCUT2D eigenvalue weighted by molar-refractivity contribution is 7.86. The molecule has 7 heteroatoms. The van der Waals surface area contributed by atoms with Crippen LogP contribution in [0.3, 0.4) is 0 Å². The molecule has 0 spiro atoms. The monoisotopic (exact) mass is 349 g/mol. The van der Waals surface area contributed by atoms with Gasteiger partial charge in [0.1, 0.15) is 11.3 Å². The lowest BCUT2D eigenvalue weighted by Crippen LogP contribution is -2.52. The van der Waals surface area contributed by atoms with Gasteiger partial charge in [-0.25, -0.2) is 0 Å². The zero-order valence-corrected chi connectivity index (χ0v) is 14.5. The smallest absolute Gasteiger partial charge is 0.282 e. The van der Waals surface area contributed by atoms with E-state index in [1.807, 2.05) is 24.3 Å². The lowest BCUT2D eigenvalue weighted by molar-refractivity contribution is 0.167. The number of hydrogen-bond donors (Lipinski definition) is 0. The summed E-state index contributed by atoms with van der Waals surface area (Å²) in [4.78, 5) is 2.26. The van der Waals surface area contributed by atoms with Crippen LogP contribution in [0.4, 0.5) is 0 Å². The molecular weight excluding hydrogens is 326 g/mol. The first kappa shape index (κ1) is 16.1. The molecule has 0 unspecified atom stereocenters. The van der Waals surface area contributed by atoms with Crippen LogP contribution in [0.5, 0.6) is 0 Å². The number of benzene rings is 1. The highest BCUT2D eigenvalue weighted by Crippen LogP contribution is 2.22. The first-order valence-electron chi connectivity index (χ1n) is 8.58. The quantitative estimate of drug-likeness (QED) is 0.846. The Hall–Kier alpha value is -1.41. The van der Waals surface area contributed by atoms with Gasteiger partial charge in [0.05, 0.1) is 6.54 Å². The molecule has 1 aromatic heterocycles. The number of nitrogens with zero attached hydrogens (tertiary/aromatic N) is 3. The lowest BCUT2D eigenvalue weighted by Gasteiger charge is -2.35. The number of hydrogen-bond acceptors (Lipinski definition) is 4.